The molecule has 0 aliphatic carbocycles. The molecule has 6 heteroatoms. The smallest absolute Gasteiger partial charge is 0.280 e. The molecule has 0 aliphatic rings. The number of rotatable bonds is 2. The van der Waals surface area contributed by atoms with Crippen LogP contribution in [-0.2, 0) is 0 Å². The first-order chi connectivity index (χ1) is 6.06. The van der Waals surface area contributed by atoms with Crippen molar-refractivity contribution in [3.05, 3.63) is 23.3 Å². The van der Waals surface area contributed by atoms with E-state index in [1.54, 1.807) is 0 Å². The van der Waals surface area contributed by atoms with Crippen molar-refractivity contribution in [3.8, 4) is 0 Å². The minimum absolute atomic E-state index is 0.0393. The fourth-order valence-corrected chi connectivity index (χ4v) is 0.781. The lowest BCUT2D eigenvalue weighted by Gasteiger charge is -2.03. The summed E-state index contributed by atoms with van der Waals surface area (Å²) in [5.74, 6) is -1.07. The molecule has 0 spiro atoms. The molecule has 0 amide bonds. The second-order valence-corrected chi connectivity index (χ2v) is 2.25. The number of hydrogen-bond donors (Lipinski definition) is 1. The van der Waals surface area contributed by atoms with Gasteiger partial charge in [0.2, 0.25) is 0 Å². The topological polar surface area (TPSA) is 56.0 Å². The van der Waals surface area contributed by atoms with Crippen LogP contribution in [0.15, 0.2) is 6.07 Å². The van der Waals surface area contributed by atoms with Gasteiger partial charge in [-0.1, -0.05) is 0 Å². The summed E-state index contributed by atoms with van der Waals surface area (Å²) in [7, 11) is 0. The molecular formula is C7H5F3N2O. The van der Waals surface area contributed by atoms with Crippen molar-refractivity contribution in [1.82, 2.24) is 4.98 Å². The van der Waals surface area contributed by atoms with Crippen molar-refractivity contribution in [2.75, 3.05) is 5.73 Å². The molecule has 0 aliphatic heterocycles. The van der Waals surface area contributed by atoms with Crippen LogP contribution in [0.2, 0.25) is 0 Å². The van der Waals surface area contributed by atoms with Crippen LogP contribution in [0.4, 0.5) is 18.9 Å². The predicted octanol–water partition coefficient (Wildman–Crippen LogP) is 1.55. The van der Waals surface area contributed by atoms with Gasteiger partial charge in [-0.25, -0.2) is 18.2 Å². The molecule has 0 aromatic carbocycles. The molecule has 0 unspecified atom stereocenters. The Morgan fingerprint density at radius 2 is 2.15 bits per heavy atom. The Morgan fingerprint density at radius 1 is 1.54 bits per heavy atom. The number of carbonyl (C=O) groups excluding carboxylic acids is 1. The normalized spacial score (nSPS) is 10.5. The van der Waals surface area contributed by atoms with Crippen molar-refractivity contribution in [3.63, 3.8) is 0 Å². The molecule has 3 nitrogen and oxygen atoms in total. The van der Waals surface area contributed by atoms with E-state index in [-0.39, 0.29) is 6.29 Å². The largest absolute Gasteiger partial charge is 0.396 e. The zero-order valence-electron chi connectivity index (χ0n) is 6.30. The molecule has 0 saturated heterocycles. The number of nitrogens with two attached hydrogens (primary N) is 1. The van der Waals surface area contributed by atoms with E-state index in [2.05, 4.69) is 4.98 Å². The summed E-state index contributed by atoms with van der Waals surface area (Å²) in [5.41, 5.74) is 3.11. The number of aldehydes is 1. The molecule has 1 aromatic heterocycles. The van der Waals surface area contributed by atoms with Crippen LogP contribution >= 0.6 is 0 Å². The quantitative estimate of drug-likeness (QED) is 0.720. The van der Waals surface area contributed by atoms with Crippen LogP contribution in [-0.4, -0.2) is 11.3 Å². The van der Waals surface area contributed by atoms with Gasteiger partial charge in [0.25, 0.3) is 6.43 Å². The molecule has 0 fully saturated rings. The average Bonchev–Trinajstić information content (AvgIpc) is 2.09. The van der Waals surface area contributed by atoms with Crippen LogP contribution in [0.5, 0.6) is 0 Å². The molecule has 0 radical (unpaired) electrons. The maximum Gasteiger partial charge on any atom is 0.280 e. The van der Waals surface area contributed by atoms with E-state index in [9.17, 15) is 18.0 Å². The molecule has 2 N–H and O–H groups in total. The van der Waals surface area contributed by atoms with E-state index in [4.69, 9.17) is 5.73 Å². The minimum Gasteiger partial charge on any atom is -0.396 e. The van der Waals surface area contributed by atoms with E-state index in [1.165, 1.54) is 0 Å². The molecule has 1 aromatic rings. The predicted molar refractivity (Wildman–Crippen MR) is 39.0 cm³/mol. The van der Waals surface area contributed by atoms with E-state index in [1.807, 2.05) is 0 Å². The summed E-state index contributed by atoms with van der Waals surface area (Å²) in [4.78, 5) is 13.2. The van der Waals surface area contributed by atoms with Crippen LogP contribution < -0.4 is 5.73 Å². The zero-order valence-corrected chi connectivity index (χ0v) is 6.30. The number of pyridine rings is 1. The summed E-state index contributed by atoms with van der Waals surface area (Å²) in [6, 6.07) is 0.701. The van der Waals surface area contributed by atoms with Crippen molar-refractivity contribution in [2.45, 2.75) is 6.43 Å². The van der Waals surface area contributed by atoms with E-state index in [0.717, 1.165) is 0 Å². The van der Waals surface area contributed by atoms with Crippen molar-refractivity contribution < 1.29 is 18.0 Å². The Morgan fingerprint density at radius 3 is 2.62 bits per heavy atom. The molecular weight excluding hydrogens is 185 g/mol. The first kappa shape index (κ1) is 9.50. The van der Waals surface area contributed by atoms with Gasteiger partial charge < -0.3 is 5.73 Å². The van der Waals surface area contributed by atoms with Gasteiger partial charge in [-0.2, -0.15) is 0 Å². The lowest BCUT2D eigenvalue weighted by Crippen LogP contribution is -2.03. The third-order valence-electron chi connectivity index (χ3n) is 1.37. The van der Waals surface area contributed by atoms with Gasteiger partial charge in [-0.15, -0.1) is 0 Å². The Kier molecular flexibility index (Phi) is 2.50. The van der Waals surface area contributed by atoms with Crippen LogP contribution in [0.3, 0.4) is 0 Å². The number of carbonyl (C=O) groups is 1. The van der Waals surface area contributed by atoms with E-state index in [0.29, 0.717) is 6.07 Å². The van der Waals surface area contributed by atoms with Crippen molar-refractivity contribution in [2.24, 2.45) is 0 Å². The third kappa shape index (κ3) is 1.77. The highest BCUT2D eigenvalue weighted by atomic mass is 19.3. The number of halogens is 3. The second kappa shape index (κ2) is 3.42. The highest BCUT2D eigenvalue weighted by molar-refractivity contribution is 5.74. The average molecular weight is 190 g/mol. The number of nitrogen functional groups attached to an aromatic ring is 1. The monoisotopic (exact) mass is 190 g/mol. The molecule has 70 valence electrons. The van der Waals surface area contributed by atoms with Gasteiger partial charge in [0.15, 0.2) is 12.1 Å². The lowest BCUT2D eigenvalue weighted by molar-refractivity contribution is 0.111. The Balaban J connectivity index is 3.30. The summed E-state index contributed by atoms with van der Waals surface area (Å²) in [6.07, 6.45) is -2.83. The van der Waals surface area contributed by atoms with E-state index >= 15 is 0 Å². The number of hydrogen-bond acceptors (Lipinski definition) is 3. The Bertz CT molecular complexity index is 341. The van der Waals surface area contributed by atoms with Gasteiger partial charge in [0.1, 0.15) is 11.4 Å². The number of alkyl halides is 2. The molecule has 0 atom stereocenters. The fraction of sp³-hybridized carbons (Fsp3) is 0.143. The van der Waals surface area contributed by atoms with Crippen LogP contribution in [0.25, 0.3) is 0 Å². The SMILES string of the molecule is Nc1cc(C(F)F)nc(C=O)c1F. The number of nitrogens with zero attached hydrogens (tertiary/aromatic N) is 1. The van der Waals surface area contributed by atoms with Gasteiger partial charge in [0, 0.05) is 0 Å². The fourth-order valence-electron chi connectivity index (χ4n) is 0.781. The molecule has 1 heterocycles. The Hall–Kier alpha value is -1.59. The summed E-state index contributed by atoms with van der Waals surface area (Å²) >= 11 is 0. The summed E-state index contributed by atoms with van der Waals surface area (Å²) in [6.45, 7) is 0. The van der Waals surface area contributed by atoms with Gasteiger partial charge in [-0.05, 0) is 6.07 Å². The van der Waals surface area contributed by atoms with Gasteiger partial charge in [0.05, 0.1) is 5.69 Å². The molecule has 1 rings (SSSR count). The maximum absolute atomic E-state index is 12.8. The lowest BCUT2D eigenvalue weighted by atomic mass is 10.2. The minimum atomic E-state index is -2.87. The van der Waals surface area contributed by atoms with Crippen molar-refractivity contribution >= 4 is 12.0 Å². The second-order valence-electron chi connectivity index (χ2n) is 2.25. The van der Waals surface area contributed by atoms with E-state index < -0.39 is 29.3 Å². The molecule has 0 bridgehead atoms. The highest BCUT2D eigenvalue weighted by Gasteiger charge is 2.15. The standard InChI is InChI=1S/C7H5F3N2O/c8-6-3(11)1-4(7(9)10)12-5(6)2-13/h1-2,7H,(H2,11,12). The van der Waals surface area contributed by atoms with Gasteiger partial charge in [-0.3, -0.25) is 4.79 Å². The Labute approximate surface area is 71.4 Å². The third-order valence-corrected chi connectivity index (χ3v) is 1.37. The zero-order chi connectivity index (χ0) is 10.0. The number of aromatic nitrogens is 1. The van der Waals surface area contributed by atoms with Crippen molar-refractivity contribution in [1.29, 1.82) is 0 Å². The van der Waals surface area contributed by atoms with Crippen LogP contribution in [0.1, 0.15) is 22.6 Å². The molecule has 0 saturated carbocycles. The van der Waals surface area contributed by atoms with Crippen LogP contribution in [0, 0.1) is 5.82 Å². The summed E-state index contributed by atoms with van der Waals surface area (Å²) in [5, 5.41) is 0. The first-order valence-electron chi connectivity index (χ1n) is 3.25. The van der Waals surface area contributed by atoms with Gasteiger partial charge >= 0.3 is 0 Å². The maximum atomic E-state index is 12.8. The number of anilines is 1. The highest BCUT2D eigenvalue weighted by Crippen LogP contribution is 2.21. The summed E-state index contributed by atoms with van der Waals surface area (Å²) < 4.78 is 36.9. The first-order valence-corrected chi connectivity index (χ1v) is 3.25. The molecule has 13 heavy (non-hydrogen) atoms.